The number of amides is 1. The van der Waals surface area contributed by atoms with E-state index in [0.717, 1.165) is 0 Å². The molecule has 1 aliphatic rings. The number of rotatable bonds is 2. The summed E-state index contributed by atoms with van der Waals surface area (Å²) in [6.07, 6.45) is 3.96. The molecule has 1 aromatic heterocycles. The van der Waals surface area contributed by atoms with Crippen LogP contribution in [0.5, 0.6) is 0 Å². The van der Waals surface area contributed by atoms with Gasteiger partial charge in [-0.3, -0.25) is 9.78 Å². The average Bonchev–Trinajstić information content (AvgIpc) is 2.40. The molecule has 1 amide bonds. The highest BCUT2D eigenvalue weighted by Crippen LogP contribution is 2.42. The van der Waals surface area contributed by atoms with E-state index in [9.17, 15) is 15.2 Å². The lowest BCUT2D eigenvalue weighted by molar-refractivity contribution is -0.114. The molecule has 0 bridgehead atoms. The molecule has 0 radical (unpaired) electrons. The summed E-state index contributed by atoms with van der Waals surface area (Å²) in [4.78, 5) is 15.3. The van der Waals surface area contributed by atoms with Crippen molar-refractivity contribution in [2.24, 2.45) is 0 Å². The molecule has 1 saturated carbocycles. The lowest BCUT2D eigenvalue weighted by atomic mass is 9.68. The largest absolute Gasteiger partial charge is 0.390 e. The van der Waals surface area contributed by atoms with Crippen LogP contribution in [0.3, 0.4) is 0 Å². The van der Waals surface area contributed by atoms with Crippen LogP contribution in [-0.4, -0.2) is 21.6 Å². The van der Waals surface area contributed by atoms with Gasteiger partial charge in [-0.2, -0.15) is 5.26 Å². The zero-order valence-electron chi connectivity index (χ0n) is 11.8. The molecular formula is C15H19N3O2. The van der Waals surface area contributed by atoms with Gasteiger partial charge in [0.1, 0.15) is 0 Å². The smallest absolute Gasteiger partial charge is 0.221 e. The third kappa shape index (κ3) is 2.97. The standard InChI is InChI=1S/C15H19N3O2/c1-11(19)18-12-3-4-13(17-9-12)15(10-16)7-5-14(2,20)6-8-15/h3-4,9,20H,5-8H2,1-2H3,(H,18,19)/t14-,15-. The monoisotopic (exact) mass is 273 g/mol. The molecule has 5 heteroatoms. The summed E-state index contributed by atoms with van der Waals surface area (Å²) in [6, 6.07) is 5.92. The van der Waals surface area contributed by atoms with E-state index in [2.05, 4.69) is 16.4 Å². The van der Waals surface area contributed by atoms with Gasteiger partial charge in [-0.15, -0.1) is 0 Å². The Morgan fingerprint density at radius 1 is 1.40 bits per heavy atom. The number of nitrogens with zero attached hydrogens (tertiary/aromatic N) is 2. The molecule has 0 spiro atoms. The maximum Gasteiger partial charge on any atom is 0.221 e. The van der Waals surface area contributed by atoms with Crippen molar-refractivity contribution >= 4 is 11.6 Å². The van der Waals surface area contributed by atoms with Gasteiger partial charge in [0.25, 0.3) is 0 Å². The quantitative estimate of drug-likeness (QED) is 0.864. The van der Waals surface area contributed by atoms with Crippen LogP contribution in [0.1, 0.15) is 45.2 Å². The van der Waals surface area contributed by atoms with Crippen LogP contribution in [-0.2, 0) is 10.2 Å². The van der Waals surface area contributed by atoms with Gasteiger partial charge in [-0.05, 0) is 44.7 Å². The summed E-state index contributed by atoms with van der Waals surface area (Å²) in [5.41, 5.74) is 0.0229. The summed E-state index contributed by atoms with van der Waals surface area (Å²) in [5, 5.41) is 22.2. The Morgan fingerprint density at radius 2 is 2.05 bits per heavy atom. The van der Waals surface area contributed by atoms with Gasteiger partial charge >= 0.3 is 0 Å². The molecule has 20 heavy (non-hydrogen) atoms. The molecular weight excluding hydrogens is 254 g/mol. The van der Waals surface area contributed by atoms with Crippen molar-refractivity contribution in [1.29, 1.82) is 5.26 Å². The number of hydrogen-bond acceptors (Lipinski definition) is 4. The Hall–Kier alpha value is -1.93. The van der Waals surface area contributed by atoms with Gasteiger partial charge in [0.2, 0.25) is 5.91 Å². The number of pyridine rings is 1. The number of carbonyl (C=O) groups is 1. The highest BCUT2D eigenvalue weighted by molar-refractivity contribution is 5.88. The SMILES string of the molecule is CC(=O)Nc1ccc([C@]2(C#N)CC[C@@](C)(O)CC2)nc1. The summed E-state index contributed by atoms with van der Waals surface area (Å²) in [7, 11) is 0. The van der Waals surface area contributed by atoms with E-state index >= 15 is 0 Å². The van der Waals surface area contributed by atoms with E-state index in [1.807, 2.05) is 6.92 Å². The minimum atomic E-state index is -0.684. The van der Waals surface area contributed by atoms with Crippen molar-refractivity contribution in [3.8, 4) is 6.07 Å². The lowest BCUT2D eigenvalue weighted by Gasteiger charge is -2.37. The van der Waals surface area contributed by atoms with Gasteiger partial charge in [0, 0.05) is 6.92 Å². The topological polar surface area (TPSA) is 86.0 Å². The Labute approximate surface area is 118 Å². The third-order valence-corrected chi connectivity index (χ3v) is 3.97. The molecule has 1 aromatic rings. The van der Waals surface area contributed by atoms with Crippen LogP contribution in [0.25, 0.3) is 0 Å². The van der Waals surface area contributed by atoms with Gasteiger partial charge in [-0.25, -0.2) is 0 Å². The molecule has 0 aromatic carbocycles. The van der Waals surface area contributed by atoms with Crippen LogP contribution in [0.2, 0.25) is 0 Å². The van der Waals surface area contributed by atoms with Gasteiger partial charge in [-0.1, -0.05) is 0 Å². The number of anilines is 1. The highest BCUT2D eigenvalue weighted by atomic mass is 16.3. The van der Waals surface area contributed by atoms with Crippen molar-refractivity contribution in [2.75, 3.05) is 5.32 Å². The molecule has 2 rings (SSSR count). The van der Waals surface area contributed by atoms with E-state index < -0.39 is 11.0 Å². The first-order chi connectivity index (χ1) is 9.37. The number of carbonyl (C=O) groups excluding carboxylic acids is 1. The molecule has 0 atom stereocenters. The van der Waals surface area contributed by atoms with Crippen molar-refractivity contribution in [2.45, 2.75) is 50.5 Å². The number of aromatic nitrogens is 1. The zero-order chi connectivity index (χ0) is 14.8. The van der Waals surface area contributed by atoms with Crippen LogP contribution in [0.4, 0.5) is 5.69 Å². The van der Waals surface area contributed by atoms with Crippen LogP contribution < -0.4 is 5.32 Å². The maximum absolute atomic E-state index is 11.0. The second-order valence-corrected chi connectivity index (χ2v) is 5.80. The Morgan fingerprint density at radius 3 is 2.50 bits per heavy atom. The Bertz CT molecular complexity index is 533. The molecule has 0 unspecified atom stereocenters. The molecule has 0 aliphatic heterocycles. The highest BCUT2D eigenvalue weighted by Gasteiger charge is 2.41. The molecule has 1 heterocycles. The number of hydrogen-bond donors (Lipinski definition) is 2. The fraction of sp³-hybridized carbons (Fsp3) is 0.533. The number of nitriles is 1. The summed E-state index contributed by atoms with van der Waals surface area (Å²) in [6.45, 7) is 3.25. The first-order valence-electron chi connectivity index (χ1n) is 6.75. The fourth-order valence-corrected chi connectivity index (χ4v) is 2.59. The normalized spacial score (nSPS) is 29.5. The van der Waals surface area contributed by atoms with Crippen molar-refractivity contribution in [3.63, 3.8) is 0 Å². The van der Waals surface area contributed by atoms with E-state index in [1.165, 1.54) is 6.92 Å². The summed E-state index contributed by atoms with van der Waals surface area (Å²) >= 11 is 0. The van der Waals surface area contributed by atoms with Crippen molar-refractivity contribution < 1.29 is 9.90 Å². The van der Waals surface area contributed by atoms with E-state index in [0.29, 0.717) is 37.1 Å². The molecule has 5 nitrogen and oxygen atoms in total. The minimum absolute atomic E-state index is 0.150. The average molecular weight is 273 g/mol. The zero-order valence-corrected chi connectivity index (χ0v) is 11.8. The molecule has 106 valence electrons. The van der Waals surface area contributed by atoms with Crippen LogP contribution in [0, 0.1) is 11.3 Å². The van der Waals surface area contributed by atoms with Crippen LogP contribution in [0.15, 0.2) is 18.3 Å². The van der Waals surface area contributed by atoms with E-state index in [4.69, 9.17) is 0 Å². The first kappa shape index (κ1) is 14.5. The summed E-state index contributed by atoms with van der Waals surface area (Å²) in [5.74, 6) is -0.150. The van der Waals surface area contributed by atoms with Gasteiger partial charge < -0.3 is 10.4 Å². The lowest BCUT2D eigenvalue weighted by Crippen LogP contribution is -2.39. The Kier molecular flexibility index (Phi) is 3.78. The molecule has 1 fully saturated rings. The minimum Gasteiger partial charge on any atom is -0.390 e. The van der Waals surface area contributed by atoms with Crippen molar-refractivity contribution in [1.82, 2.24) is 4.98 Å². The third-order valence-electron chi connectivity index (χ3n) is 3.97. The van der Waals surface area contributed by atoms with Gasteiger partial charge in [0.05, 0.1) is 34.7 Å². The van der Waals surface area contributed by atoms with E-state index in [1.54, 1.807) is 18.3 Å². The van der Waals surface area contributed by atoms with Crippen molar-refractivity contribution in [3.05, 3.63) is 24.0 Å². The van der Waals surface area contributed by atoms with Gasteiger partial charge in [0.15, 0.2) is 0 Å². The van der Waals surface area contributed by atoms with E-state index in [-0.39, 0.29) is 5.91 Å². The predicted octanol–water partition coefficient (Wildman–Crippen LogP) is 2.13. The number of aliphatic hydroxyl groups is 1. The molecule has 1 aliphatic carbocycles. The molecule has 2 N–H and O–H groups in total. The second kappa shape index (κ2) is 5.22. The fourth-order valence-electron chi connectivity index (χ4n) is 2.59. The Balaban J connectivity index is 2.21. The predicted molar refractivity (Wildman–Crippen MR) is 74.9 cm³/mol. The first-order valence-corrected chi connectivity index (χ1v) is 6.75. The number of nitrogens with one attached hydrogen (secondary N) is 1. The van der Waals surface area contributed by atoms with Crippen LogP contribution >= 0.6 is 0 Å². The summed E-state index contributed by atoms with van der Waals surface area (Å²) < 4.78 is 0. The molecule has 0 saturated heterocycles. The second-order valence-electron chi connectivity index (χ2n) is 5.80. The maximum atomic E-state index is 11.0.